The van der Waals surface area contributed by atoms with E-state index >= 15 is 0 Å². The second-order valence-corrected chi connectivity index (χ2v) is 4.32. The van der Waals surface area contributed by atoms with E-state index in [-0.39, 0.29) is 0 Å². The van der Waals surface area contributed by atoms with Crippen molar-refractivity contribution >= 4 is 17.4 Å². The van der Waals surface area contributed by atoms with Crippen LogP contribution in [0.15, 0.2) is 12.1 Å². The van der Waals surface area contributed by atoms with Crippen molar-refractivity contribution in [1.82, 2.24) is 10.2 Å². The lowest BCUT2D eigenvalue weighted by molar-refractivity contribution is -0.141. The van der Waals surface area contributed by atoms with Gasteiger partial charge in [0.2, 0.25) is 0 Å². The number of halogens is 4. The van der Waals surface area contributed by atoms with Crippen molar-refractivity contribution in [2.75, 3.05) is 24.4 Å². The van der Waals surface area contributed by atoms with Crippen molar-refractivity contribution in [2.45, 2.75) is 25.4 Å². The Kier molecular flexibility index (Phi) is 5.65. The summed E-state index contributed by atoms with van der Waals surface area (Å²) in [7, 11) is 1.78. The number of alkyl halides is 4. The Morgan fingerprint density at radius 1 is 1.17 bits per heavy atom. The van der Waals surface area contributed by atoms with Gasteiger partial charge in [-0.3, -0.25) is 0 Å². The predicted octanol–water partition coefficient (Wildman–Crippen LogP) is 3.34. The molecule has 0 aliphatic rings. The molecule has 0 fully saturated rings. The number of nitrogens with zero attached hydrogens (tertiary/aromatic N) is 3. The normalized spacial score (nSPS) is 11.6. The fourth-order valence-corrected chi connectivity index (χ4v) is 1.60. The van der Waals surface area contributed by atoms with Crippen LogP contribution in [-0.2, 0) is 6.18 Å². The van der Waals surface area contributed by atoms with E-state index in [4.69, 9.17) is 11.6 Å². The standard InChI is InChI=1S/C11H15ClF3N3/c1-18(8-4-2-3-7-12)10-6-5-9(16-17-10)11(13,14)15/h5-6H,2-4,7-8H2,1H3. The minimum Gasteiger partial charge on any atom is -0.358 e. The van der Waals surface area contributed by atoms with Crippen LogP contribution in [-0.4, -0.2) is 29.7 Å². The van der Waals surface area contributed by atoms with Crippen molar-refractivity contribution in [3.8, 4) is 0 Å². The maximum absolute atomic E-state index is 12.3. The summed E-state index contributed by atoms with van der Waals surface area (Å²) < 4.78 is 36.8. The molecule has 1 rings (SSSR count). The van der Waals surface area contributed by atoms with E-state index < -0.39 is 11.9 Å². The van der Waals surface area contributed by atoms with Gasteiger partial charge in [-0.05, 0) is 25.0 Å². The molecule has 0 saturated carbocycles. The third-order valence-electron chi connectivity index (χ3n) is 2.46. The van der Waals surface area contributed by atoms with Crippen LogP contribution in [0.1, 0.15) is 25.0 Å². The Morgan fingerprint density at radius 3 is 2.39 bits per heavy atom. The van der Waals surface area contributed by atoms with Gasteiger partial charge in [-0.2, -0.15) is 13.2 Å². The maximum atomic E-state index is 12.3. The van der Waals surface area contributed by atoms with E-state index in [9.17, 15) is 13.2 Å². The zero-order valence-electron chi connectivity index (χ0n) is 10.0. The summed E-state index contributed by atoms with van der Waals surface area (Å²) in [5.41, 5.74) is -0.971. The Morgan fingerprint density at radius 2 is 1.89 bits per heavy atom. The number of anilines is 1. The minimum atomic E-state index is -4.44. The van der Waals surface area contributed by atoms with E-state index in [1.165, 1.54) is 6.07 Å². The molecule has 3 nitrogen and oxygen atoms in total. The molecule has 0 bridgehead atoms. The lowest BCUT2D eigenvalue weighted by Gasteiger charge is -2.17. The average molecular weight is 282 g/mol. The van der Waals surface area contributed by atoms with E-state index in [1.54, 1.807) is 11.9 Å². The molecule has 0 atom stereocenters. The second kappa shape index (κ2) is 6.78. The SMILES string of the molecule is CN(CCCCCCl)c1ccc(C(F)(F)F)nn1. The first-order valence-corrected chi connectivity index (χ1v) is 6.16. The van der Waals surface area contributed by atoms with E-state index in [2.05, 4.69) is 10.2 Å². The van der Waals surface area contributed by atoms with Gasteiger partial charge in [0.15, 0.2) is 11.5 Å². The molecule has 1 aromatic rings. The van der Waals surface area contributed by atoms with Crippen LogP contribution >= 0.6 is 11.6 Å². The summed E-state index contributed by atoms with van der Waals surface area (Å²) in [6.07, 6.45) is -1.59. The number of hydrogen-bond acceptors (Lipinski definition) is 3. The van der Waals surface area contributed by atoms with Gasteiger partial charge in [0.1, 0.15) is 0 Å². The smallest absolute Gasteiger partial charge is 0.358 e. The molecule has 7 heteroatoms. The molecule has 0 radical (unpaired) electrons. The van der Waals surface area contributed by atoms with Gasteiger partial charge in [-0.25, -0.2) is 0 Å². The van der Waals surface area contributed by atoms with Gasteiger partial charge in [0.05, 0.1) is 0 Å². The Hall–Kier alpha value is -1.04. The topological polar surface area (TPSA) is 29.0 Å². The molecular weight excluding hydrogens is 267 g/mol. The molecule has 0 aliphatic carbocycles. The Bertz CT molecular complexity index is 354. The van der Waals surface area contributed by atoms with Gasteiger partial charge in [0.25, 0.3) is 0 Å². The summed E-state index contributed by atoms with van der Waals surface area (Å²) in [5.74, 6) is 1.07. The van der Waals surface area contributed by atoms with Gasteiger partial charge >= 0.3 is 6.18 Å². The fraction of sp³-hybridized carbons (Fsp3) is 0.636. The highest BCUT2D eigenvalue weighted by Crippen LogP contribution is 2.27. The van der Waals surface area contributed by atoms with E-state index in [0.29, 0.717) is 11.7 Å². The van der Waals surface area contributed by atoms with Gasteiger partial charge in [0, 0.05) is 19.5 Å². The molecule has 18 heavy (non-hydrogen) atoms. The van der Waals surface area contributed by atoms with Gasteiger partial charge < -0.3 is 4.90 Å². The predicted molar refractivity (Wildman–Crippen MR) is 64.9 cm³/mol. The summed E-state index contributed by atoms with van der Waals surface area (Å²) in [5, 5.41) is 6.75. The summed E-state index contributed by atoms with van der Waals surface area (Å²) in [6.45, 7) is 0.719. The average Bonchev–Trinajstić information content (AvgIpc) is 2.33. The number of hydrogen-bond donors (Lipinski definition) is 0. The van der Waals surface area contributed by atoms with Crippen LogP contribution in [0.3, 0.4) is 0 Å². The van der Waals surface area contributed by atoms with E-state index in [0.717, 1.165) is 31.9 Å². The first-order valence-electron chi connectivity index (χ1n) is 5.63. The largest absolute Gasteiger partial charge is 0.435 e. The molecule has 0 N–H and O–H groups in total. The molecule has 0 saturated heterocycles. The first kappa shape index (κ1) is 15.0. The Labute approximate surface area is 109 Å². The molecule has 0 spiro atoms. The van der Waals surface area contributed by atoms with Crippen LogP contribution in [0.5, 0.6) is 0 Å². The molecule has 1 aromatic heterocycles. The zero-order chi connectivity index (χ0) is 13.6. The third-order valence-corrected chi connectivity index (χ3v) is 2.73. The van der Waals surface area contributed by atoms with E-state index in [1.807, 2.05) is 0 Å². The molecule has 0 unspecified atom stereocenters. The Balaban J connectivity index is 2.51. The van der Waals surface area contributed by atoms with Crippen molar-refractivity contribution in [3.63, 3.8) is 0 Å². The molecule has 0 amide bonds. The van der Waals surface area contributed by atoms with Gasteiger partial charge in [-0.1, -0.05) is 6.42 Å². The lowest BCUT2D eigenvalue weighted by atomic mass is 10.2. The minimum absolute atomic E-state index is 0.439. The quantitative estimate of drug-likeness (QED) is 0.591. The van der Waals surface area contributed by atoms with Crippen molar-refractivity contribution in [2.24, 2.45) is 0 Å². The maximum Gasteiger partial charge on any atom is 0.435 e. The van der Waals surface area contributed by atoms with Crippen LogP contribution in [0.2, 0.25) is 0 Å². The molecule has 0 aliphatic heterocycles. The summed E-state index contributed by atoms with van der Waals surface area (Å²) in [4.78, 5) is 1.78. The number of rotatable bonds is 6. The summed E-state index contributed by atoms with van der Waals surface area (Å²) >= 11 is 5.55. The molecule has 0 aromatic carbocycles. The third kappa shape index (κ3) is 4.68. The molecule has 1 heterocycles. The molecular formula is C11H15ClF3N3. The van der Waals surface area contributed by atoms with Crippen LogP contribution in [0, 0.1) is 0 Å². The van der Waals surface area contributed by atoms with Crippen LogP contribution < -0.4 is 4.90 Å². The fourth-order valence-electron chi connectivity index (χ4n) is 1.41. The van der Waals surface area contributed by atoms with Crippen LogP contribution in [0.4, 0.5) is 19.0 Å². The van der Waals surface area contributed by atoms with Crippen molar-refractivity contribution in [3.05, 3.63) is 17.8 Å². The highest BCUT2D eigenvalue weighted by molar-refractivity contribution is 6.17. The van der Waals surface area contributed by atoms with Crippen molar-refractivity contribution in [1.29, 1.82) is 0 Å². The van der Waals surface area contributed by atoms with Crippen LogP contribution in [0.25, 0.3) is 0 Å². The zero-order valence-corrected chi connectivity index (χ0v) is 10.8. The highest BCUT2D eigenvalue weighted by atomic mass is 35.5. The lowest BCUT2D eigenvalue weighted by Crippen LogP contribution is -2.21. The molecule has 102 valence electrons. The second-order valence-electron chi connectivity index (χ2n) is 3.95. The monoisotopic (exact) mass is 281 g/mol. The van der Waals surface area contributed by atoms with Gasteiger partial charge in [-0.15, -0.1) is 21.8 Å². The number of unbranched alkanes of at least 4 members (excludes halogenated alkanes) is 2. The summed E-state index contributed by atoms with van der Waals surface area (Å²) in [6, 6.07) is 2.27. The van der Waals surface area contributed by atoms with Crippen molar-refractivity contribution < 1.29 is 13.2 Å². The highest BCUT2D eigenvalue weighted by Gasteiger charge is 2.32. The number of aromatic nitrogens is 2. The first-order chi connectivity index (χ1) is 8.45.